The van der Waals surface area contributed by atoms with Crippen LogP contribution in [0.15, 0.2) is 0 Å². The Morgan fingerprint density at radius 2 is 2.42 bits per heavy atom. The van der Waals surface area contributed by atoms with E-state index in [9.17, 15) is 5.11 Å². The van der Waals surface area contributed by atoms with Gasteiger partial charge in [-0.2, -0.15) is 11.8 Å². The van der Waals surface area contributed by atoms with Crippen LogP contribution in [0.4, 0.5) is 0 Å². The number of rotatable bonds is 4. The molecule has 0 aromatic rings. The number of thioether (sulfide) groups is 1. The van der Waals surface area contributed by atoms with Crippen LogP contribution >= 0.6 is 11.8 Å². The van der Waals surface area contributed by atoms with Crippen LogP contribution in [0.2, 0.25) is 0 Å². The molecule has 1 saturated heterocycles. The molecular formula is C9H19NOS. The van der Waals surface area contributed by atoms with Gasteiger partial charge < -0.3 is 10.4 Å². The van der Waals surface area contributed by atoms with Gasteiger partial charge in [-0.1, -0.05) is 6.92 Å². The second kappa shape index (κ2) is 5.84. The molecule has 1 aliphatic heterocycles. The summed E-state index contributed by atoms with van der Waals surface area (Å²) in [4.78, 5) is 0. The van der Waals surface area contributed by atoms with Gasteiger partial charge >= 0.3 is 0 Å². The van der Waals surface area contributed by atoms with E-state index in [4.69, 9.17) is 0 Å². The van der Waals surface area contributed by atoms with Crippen LogP contribution in [0.25, 0.3) is 0 Å². The molecule has 0 aromatic heterocycles. The second-order valence-corrected chi connectivity index (χ2v) is 4.70. The van der Waals surface area contributed by atoms with Gasteiger partial charge in [-0.3, -0.25) is 0 Å². The lowest BCUT2D eigenvalue weighted by Gasteiger charge is -2.28. The highest BCUT2D eigenvalue weighted by molar-refractivity contribution is 7.99. The van der Waals surface area contributed by atoms with Gasteiger partial charge in [0.2, 0.25) is 0 Å². The topological polar surface area (TPSA) is 32.3 Å². The van der Waals surface area contributed by atoms with Crippen molar-refractivity contribution in [2.24, 2.45) is 5.92 Å². The lowest BCUT2D eigenvalue weighted by molar-refractivity contribution is 0.0777. The zero-order valence-corrected chi connectivity index (χ0v) is 8.57. The Hall–Kier alpha value is 0.270. The van der Waals surface area contributed by atoms with Crippen molar-refractivity contribution in [1.29, 1.82) is 0 Å². The molecule has 3 heteroatoms. The van der Waals surface area contributed by atoms with Crippen molar-refractivity contribution in [1.82, 2.24) is 5.32 Å². The van der Waals surface area contributed by atoms with Gasteiger partial charge in [0.05, 0.1) is 6.10 Å². The summed E-state index contributed by atoms with van der Waals surface area (Å²) >= 11 is 1.96. The summed E-state index contributed by atoms with van der Waals surface area (Å²) in [6.07, 6.45) is 2.04. The van der Waals surface area contributed by atoms with E-state index in [2.05, 4.69) is 12.2 Å². The molecular weight excluding hydrogens is 170 g/mol. The molecule has 12 heavy (non-hydrogen) atoms. The molecule has 2 unspecified atom stereocenters. The van der Waals surface area contributed by atoms with Crippen molar-refractivity contribution >= 4 is 11.8 Å². The van der Waals surface area contributed by atoms with E-state index in [-0.39, 0.29) is 6.10 Å². The van der Waals surface area contributed by atoms with Gasteiger partial charge in [0.25, 0.3) is 0 Å². The van der Waals surface area contributed by atoms with Crippen molar-refractivity contribution in [3.8, 4) is 0 Å². The van der Waals surface area contributed by atoms with Crippen LogP contribution in [0.5, 0.6) is 0 Å². The molecule has 1 fully saturated rings. The molecule has 72 valence electrons. The first-order chi connectivity index (χ1) is 5.84. The van der Waals surface area contributed by atoms with Crippen LogP contribution in [-0.2, 0) is 0 Å². The minimum Gasteiger partial charge on any atom is -0.393 e. The van der Waals surface area contributed by atoms with Crippen molar-refractivity contribution in [3.05, 3.63) is 0 Å². The van der Waals surface area contributed by atoms with Crippen LogP contribution in [0, 0.1) is 5.92 Å². The second-order valence-electron chi connectivity index (χ2n) is 3.31. The molecule has 0 saturated carbocycles. The van der Waals surface area contributed by atoms with E-state index in [1.807, 2.05) is 11.8 Å². The number of aliphatic hydroxyl groups is 1. The highest BCUT2D eigenvalue weighted by atomic mass is 32.2. The molecule has 2 nitrogen and oxygen atoms in total. The van der Waals surface area contributed by atoms with Crippen LogP contribution in [0.3, 0.4) is 0 Å². The maximum absolute atomic E-state index is 9.62. The molecule has 1 rings (SSSR count). The van der Waals surface area contributed by atoms with E-state index in [0.29, 0.717) is 5.92 Å². The van der Waals surface area contributed by atoms with Crippen molar-refractivity contribution < 1.29 is 5.11 Å². The Kier molecular flexibility index (Phi) is 5.04. The molecule has 0 aliphatic carbocycles. The van der Waals surface area contributed by atoms with Gasteiger partial charge in [-0.25, -0.2) is 0 Å². The quantitative estimate of drug-likeness (QED) is 0.650. The maximum atomic E-state index is 9.62. The Morgan fingerprint density at radius 3 is 3.08 bits per heavy atom. The summed E-state index contributed by atoms with van der Waals surface area (Å²) in [5, 5.41) is 12.9. The summed E-state index contributed by atoms with van der Waals surface area (Å²) in [6.45, 7) is 4.17. The molecule has 1 aliphatic rings. The maximum Gasteiger partial charge on any atom is 0.0592 e. The summed E-state index contributed by atoms with van der Waals surface area (Å²) in [6, 6.07) is 0. The number of nitrogens with one attached hydrogen (secondary N) is 1. The average Bonchev–Trinajstić information content (AvgIpc) is 2.09. The average molecular weight is 189 g/mol. The Balaban J connectivity index is 2.11. The lowest BCUT2D eigenvalue weighted by atomic mass is 9.94. The zero-order chi connectivity index (χ0) is 8.81. The molecule has 0 aromatic carbocycles. The largest absolute Gasteiger partial charge is 0.393 e. The van der Waals surface area contributed by atoms with Gasteiger partial charge in [0.1, 0.15) is 0 Å². The predicted molar refractivity (Wildman–Crippen MR) is 54.6 cm³/mol. The van der Waals surface area contributed by atoms with Crippen molar-refractivity contribution in [2.45, 2.75) is 25.9 Å². The molecule has 0 radical (unpaired) electrons. The number of hydrogen-bond acceptors (Lipinski definition) is 3. The Morgan fingerprint density at radius 1 is 1.58 bits per heavy atom. The van der Waals surface area contributed by atoms with Gasteiger partial charge in [-0.15, -0.1) is 0 Å². The van der Waals surface area contributed by atoms with Crippen LogP contribution in [0.1, 0.15) is 19.8 Å². The SMILES string of the molecule is CCSCCC1CNCCC1O. The first-order valence-corrected chi connectivity index (χ1v) is 5.96. The smallest absolute Gasteiger partial charge is 0.0592 e. The molecule has 0 spiro atoms. The zero-order valence-electron chi connectivity index (χ0n) is 7.75. The summed E-state index contributed by atoms with van der Waals surface area (Å²) < 4.78 is 0. The van der Waals surface area contributed by atoms with Crippen LogP contribution < -0.4 is 5.32 Å². The highest BCUT2D eigenvalue weighted by Crippen LogP contribution is 2.17. The number of hydrogen-bond donors (Lipinski definition) is 2. The summed E-state index contributed by atoms with van der Waals surface area (Å²) in [5.41, 5.74) is 0. The van der Waals surface area contributed by atoms with E-state index in [1.54, 1.807) is 0 Å². The third kappa shape index (κ3) is 3.33. The molecule has 2 atom stereocenters. The van der Waals surface area contributed by atoms with Gasteiger partial charge in [-0.05, 0) is 36.8 Å². The molecule has 1 heterocycles. The summed E-state index contributed by atoms with van der Waals surface area (Å²) in [7, 11) is 0. The van der Waals surface area contributed by atoms with Crippen LogP contribution in [-0.4, -0.2) is 35.8 Å². The number of piperidine rings is 1. The minimum atomic E-state index is -0.0521. The standard InChI is InChI=1S/C9H19NOS/c1-2-12-6-4-8-7-10-5-3-9(8)11/h8-11H,2-7H2,1H3. The predicted octanol–water partition coefficient (Wildman–Crippen LogP) is 1.10. The normalized spacial score (nSPS) is 30.5. The first-order valence-electron chi connectivity index (χ1n) is 4.81. The third-order valence-corrected chi connectivity index (χ3v) is 3.34. The van der Waals surface area contributed by atoms with Crippen molar-refractivity contribution in [3.63, 3.8) is 0 Å². The molecule has 0 amide bonds. The first kappa shape index (κ1) is 10.4. The Labute approximate surface area is 79.1 Å². The fourth-order valence-electron chi connectivity index (χ4n) is 1.58. The van der Waals surface area contributed by atoms with E-state index in [1.165, 1.54) is 11.5 Å². The fourth-order valence-corrected chi connectivity index (χ4v) is 2.34. The lowest BCUT2D eigenvalue weighted by Crippen LogP contribution is -2.40. The third-order valence-electron chi connectivity index (χ3n) is 2.40. The van der Waals surface area contributed by atoms with E-state index < -0.39 is 0 Å². The molecule has 2 N–H and O–H groups in total. The Bertz CT molecular complexity index is 121. The van der Waals surface area contributed by atoms with E-state index >= 15 is 0 Å². The van der Waals surface area contributed by atoms with Crippen molar-refractivity contribution in [2.75, 3.05) is 24.6 Å². The summed E-state index contributed by atoms with van der Waals surface area (Å²) in [5.74, 6) is 2.88. The van der Waals surface area contributed by atoms with Gasteiger partial charge in [0.15, 0.2) is 0 Å². The van der Waals surface area contributed by atoms with Gasteiger partial charge in [0, 0.05) is 6.54 Å². The highest BCUT2D eigenvalue weighted by Gasteiger charge is 2.21. The minimum absolute atomic E-state index is 0.0521. The number of aliphatic hydroxyl groups excluding tert-OH is 1. The monoisotopic (exact) mass is 189 g/mol. The molecule has 0 bridgehead atoms. The van der Waals surface area contributed by atoms with E-state index in [0.717, 1.165) is 25.9 Å². The fraction of sp³-hybridized carbons (Fsp3) is 1.00.